The number of sulfonamides is 1. The normalized spacial score (nSPS) is 12.4. The summed E-state index contributed by atoms with van der Waals surface area (Å²) in [5.74, 6) is 0. The van der Waals surface area contributed by atoms with E-state index in [4.69, 9.17) is 0 Å². The van der Waals surface area contributed by atoms with Crippen molar-refractivity contribution in [3.8, 4) is 11.1 Å². The molecule has 126 valence electrons. The summed E-state index contributed by atoms with van der Waals surface area (Å²) in [6, 6.07) is 16.7. The predicted molar refractivity (Wildman–Crippen MR) is 97.5 cm³/mol. The van der Waals surface area contributed by atoms with E-state index >= 15 is 0 Å². The van der Waals surface area contributed by atoms with Crippen molar-refractivity contribution in [3.63, 3.8) is 0 Å². The highest BCUT2D eigenvalue weighted by molar-refractivity contribution is 7.89. The van der Waals surface area contributed by atoms with E-state index in [1.165, 1.54) is 0 Å². The van der Waals surface area contributed by atoms with Gasteiger partial charge >= 0.3 is 0 Å². The molecule has 2 aromatic carbocycles. The lowest BCUT2D eigenvalue weighted by Crippen LogP contribution is -2.38. The summed E-state index contributed by atoms with van der Waals surface area (Å²) < 4.78 is 27.9. The van der Waals surface area contributed by atoms with Crippen molar-refractivity contribution in [3.05, 3.63) is 54.6 Å². The van der Waals surface area contributed by atoms with Gasteiger partial charge in [-0.2, -0.15) is 0 Å². The van der Waals surface area contributed by atoms with Crippen LogP contribution in [0.15, 0.2) is 59.5 Å². The lowest BCUT2D eigenvalue weighted by molar-refractivity contribution is 0.536. The van der Waals surface area contributed by atoms with Gasteiger partial charge in [0, 0.05) is 18.2 Å². The zero-order valence-electron chi connectivity index (χ0n) is 13.3. The summed E-state index contributed by atoms with van der Waals surface area (Å²) in [7, 11) is -3.54. The molecule has 0 aliphatic carbocycles. The molecule has 0 fully saturated rings. The zero-order chi connectivity index (χ0) is 16.0. The van der Waals surface area contributed by atoms with E-state index in [1.54, 1.807) is 12.1 Å². The Bertz CT molecular complexity index is 706. The molecule has 2 N–H and O–H groups in total. The number of halogens is 1. The Labute approximate surface area is 144 Å². The van der Waals surface area contributed by atoms with Gasteiger partial charge < -0.3 is 5.32 Å². The van der Waals surface area contributed by atoms with Crippen LogP contribution in [0.4, 0.5) is 0 Å². The fourth-order valence-electron chi connectivity index (χ4n) is 2.29. The molecule has 6 heteroatoms. The van der Waals surface area contributed by atoms with Gasteiger partial charge in [0.1, 0.15) is 0 Å². The molecule has 1 atom stereocenters. The van der Waals surface area contributed by atoms with Crippen LogP contribution < -0.4 is 10.0 Å². The van der Waals surface area contributed by atoms with Crippen LogP contribution in [0.2, 0.25) is 0 Å². The number of likely N-dealkylation sites (N-methyl/N-ethyl adjacent to an activating group) is 1. The van der Waals surface area contributed by atoms with Gasteiger partial charge in [0.05, 0.1) is 4.90 Å². The van der Waals surface area contributed by atoms with Crippen molar-refractivity contribution in [2.24, 2.45) is 0 Å². The molecular weight excluding hydrogens is 332 g/mol. The van der Waals surface area contributed by atoms with Crippen LogP contribution in [0.5, 0.6) is 0 Å². The van der Waals surface area contributed by atoms with E-state index in [1.807, 2.05) is 56.3 Å². The first-order valence-electron chi connectivity index (χ1n) is 7.42. The van der Waals surface area contributed by atoms with E-state index in [0.29, 0.717) is 17.0 Å². The zero-order valence-corrected chi connectivity index (χ0v) is 15.0. The average Bonchev–Trinajstić information content (AvgIpc) is 2.54. The molecule has 0 saturated carbocycles. The second-order valence-electron chi connectivity index (χ2n) is 5.17. The Morgan fingerprint density at radius 3 is 2.26 bits per heavy atom. The van der Waals surface area contributed by atoms with Gasteiger partial charge in [-0.15, -0.1) is 12.4 Å². The summed E-state index contributed by atoms with van der Waals surface area (Å²) in [6.45, 7) is 5.12. The fraction of sp³-hybridized carbons (Fsp3) is 0.294. The van der Waals surface area contributed by atoms with Crippen LogP contribution in [0.25, 0.3) is 11.1 Å². The quantitative estimate of drug-likeness (QED) is 0.803. The maximum absolute atomic E-state index is 12.6. The third kappa shape index (κ3) is 5.32. The van der Waals surface area contributed by atoms with Crippen molar-refractivity contribution in [1.29, 1.82) is 0 Å². The molecule has 0 bridgehead atoms. The number of benzene rings is 2. The largest absolute Gasteiger partial charge is 0.313 e. The Morgan fingerprint density at radius 1 is 1.00 bits per heavy atom. The lowest BCUT2D eigenvalue weighted by Gasteiger charge is -2.15. The first-order chi connectivity index (χ1) is 10.5. The van der Waals surface area contributed by atoms with Gasteiger partial charge in [0.15, 0.2) is 0 Å². The molecule has 4 nitrogen and oxygen atoms in total. The van der Waals surface area contributed by atoms with Crippen LogP contribution in [-0.4, -0.2) is 27.5 Å². The second-order valence-corrected chi connectivity index (χ2v) is 6.91. The fourth-order valence-corrected chi connectivity index (χ4v) is 3.65. The maximum atomic E-state index is 12.6. The first-order valence-corrected chi connectivity index (χ1v) is 8.90. The minimum absolute atomic E-state index is 0. The van der Waals surface area contributed by atoms with Crippen LogP contribution in [0.3, 0.4) is 0 Å². The van der Waals surface area contributed by atoms with Crippen molar-refractivity contribution < 1.29 is 8.42 Å². The summed E-state index contributed by atoms with van der Waals surface area (Å²) in [6.07, 6.45) is 0. The molecule has 0 aromatic heterocycles. The predicted octanol–water partition coefficient (Wildman–Crippen LogP) is 3.05. The maximum Gasteiger partial charge on any atom is 0.241 e. The molecule has 0 spiro atoms. The number of nitrogens with one attached hydrogen (secondary N) is 2. The highest BCUT2D eigenvalue weighted by Gasteiger charge is 2.19. The minimum Gasteiger partial charge on any atom is -0.313 e. The van der Waals surface area contributed by atoms with E-state index in [0.717, 1.165) is 12.1 Å². The molecule has 2 aromatic rings. The van der Waals surface area contributed by atoms with E-state index < -0.39 is 10.0 Å². The third-order valence-electron chi connectivity index (χ3n) is 3.39. The second kappa shape index (κ2) is 9.03. The van der Waals surface area contributed by atoms with Gasteiger partial charge in [0.2, 0.25) is 10.0 Å². The molecular formula is C17H23ClN2O2S. The molecule has 0 amide bonds. The molecule has 0 aliphatic heterocycles. The minimum atomic E-state index is -3.54. The summed E-state index contributed by atoms with van der Waals surface area (Å²) in [5, 5.41) is 3.19. The summed E-state index contributed by atoms with van der Waals surface area (Å²) in [4.78, 5) is 0.310. The van der Waals surface area contributed by atoms with Gasteiger partial charge in [-0.3, -0.25) is 0 Å². The Hall–Kier alpha value is -1.40. The summed E-state index contributed by atoms with van der Waals surface area (Å²) in [5.41, 5.74) is 1.61. The molecule has 0 aliphatic rings. The van der Waals surface area contributed by atoms with Crippen molar-refractivity contribution in [2.75, 3.05) is 13.1 Å². The molecule has 2 rings (SSSR count). The monoisotopic (exact) mass is 354 g/mol. The Kier molecular flexibility index (Phi) is 7.72. The Balaban J connectivity index is 0.00000264. The van der Waals surface area contributed by atoms with Gasteiger partial charge in [-0.1, -0.05) is 55.5 Å². The van der Waals surface area contributed by atoms with Crippen LogP contribution in [0, 0.1) is 0 Å². The molecule has 0 heterocycles. The van der Waals surface area contributed by atoms with Crippen LogP contribution in [0.1, 0.15) is 13.8 Å². The summed E-state index contributed by atoms with van der Waals surface area (Å²) >= 11 is 0. The number of hydrogen-bond acceptors (Lipinski definition) is 3. The van der Waals surface area contributed by atoms with E-state index in [2.05, 4.69) is 10.0 Å². The van der Waals surface area contributed by atoms with Crippen LogP contribution >= 0.6 is 12.4 Å². The molecule has 0 radical (unpaired) electrons. The molecule has 23 heavy (non-hydrogen) atoms. The van der Waals surface area contributed by atoms with Crippen molar-refractivity contribution in [2.45, 2.75) is 24.8 Å². The van der Waals surface area contributed by atoms with E-state index in [9.17, 15) is 8.42 Å². The molecule has 0 unspecified atom stereocenters. The van der Waals surface area contributed by atoms with Gasteiger partial charge in [-0.25, -0.2) is 13.1 Å². The topological polar surface area (TPSA) is 58.2 Å². The number of hydrogen-bond donors (Lipinski definition) is 2. The number of rotatable bonds is 7. The smallest absolute Gasteiger partial charge is 0.241 e. The standard InChI is InChI=1S/C17H22N2O2S.ClH/c1-3-18-14(2)13-19-22(20,21)17-12-8-7-11-16(17)15-9-5-4-6-10-15;/h4-12,14,18-19H,3,13H2,1-2H3;1H/t14-;/m1./s1. The van der Waals surface area contributed by atoms with Gasteiger partial charge in [-0.05, 0) is 25.1 Å². The van der Waals surface area contributed by atoms with Gasteiger partial charge in [0.25, 0.3) is 0 Å². The van der Waals surface area contributed by atoms with Crippen molar-refractivity contribution in [1.82, 2.24) is 10.0 Å². The third-order valence-corrected chi connectivity index (χ3v) is 4.88. The lowest BCUT2D eigenvalue weighted by atomic mass is 10.1. The highest BCUT2D eigenvalue weighted by Crippen LogP contribution is 2.26. The SMILES string of the molecule is CCN[C@H](C)CNS(=O)(=O)c1ccccc1-c1ccccc1.Cl. The average molecular weight is 355 g/mol. The van der Waals surface area contributed by atoms with Crippen molar-refractivity contribution >= 4 is 22.4 Å². The first kappa shape index (κ1) is 19.6. The van der Waals surface area contributed by atoms with E-state index in [-0.39, 0.29) is 18.4 Å². The Morgan fingerprint density at radius 2 is 1.61 bits per heavy atom. The molecule has 0 saturated heterocycles. The highest BCUT2D eigenvalue weighted by atomic mass is 35.5. The van der Waals surface area contributed by atoms with Crippen LogP contribution in [-0.2, 0) is 10.0 Å².